The first kappa shape index (κ1) is 15.2. The van der Waals surface area contributed by atoms with Crippen LogP contribution < -0.4 is 10.1 Å². The van der Waals surface area contributed by atoms with E-state index in [4.69, 9.17) is 9.47 Å². The van der Waals surface area contributed by atoms with Gasteiger partial charge in [0.1, 0.15) is 11.5 Å². The fourth-order valence-electron chi connectivity index (χ4n) is 5.57. The lowest BCUT2D eigenvalue weighted by Gasteiger charge is -2.62. The number of benzene rings is 1. The first-order valence-electron chi connectivity index (χ1n) is 8.55. The van der Waals surface area contributed by atoms with Crippen molar-refractivity contribution in [2.75, 3.05) is 20.8 Å². The maximum Gasteiger partial charge on any atom is 0.134 e. The van der Waals surface area contributed by atoms with Crippen LogP contribution in [0.2, 0.25) is 0 Å². The molecule has 4 heteroatoms. The highest BCUT2D eigenvalue weighted by molar-refractivity contribution is 5.83. The molecule has 3 aliphatic rings. The van der Waals surface area contributed by atoms with Crippen molar-refractivity contribution < 1.29 is 14.3 Å². The average Bonchev–Trinajstić information content (AvgIpc) is 2.55. The van der Waals surface area contributed by atoms with Crippen LogP contribution >= 0.6 is 0 Å². The lowest BCUT2D eigenvalue weighted by molar-refractivity contribution is -0.161. The Morgan fingerprint density at radius 3 is 2.83 bits per heavy atom. The number of piperidine rings is 1. The predicted molar refractivity (Wildman–Crippen MR) is 88.1 cm³/mol. The molecule has 1 saturated carbocycles. The second-order valence-corrected chi connectivity index (χ2v) is 7.29. The van der Waals surface area contributed by atoms with Gasteiger partial charge in [0.25, 0.3) is 0 Å². The van der Waals surface area contributed by atoms with Crippen LogP contribution in [0.5, 0.6) is 5.75 Å². The lowest BCUT2D eigenvalue weighted by Crippen LogP contribution is -2.73. The summed E-state index contributed by atoms with van der Waals surface area (Å²) in [5.41, 5.74) is 3.33. The second kappa shape index (κ2) is 5.05. The molecule has 0 aromatic heterocycles. The molecule has 0 unspecified atom stereocenters. The largest absolute Gasteiger partial charge is 0.496 e. The fraction of sp³-hybridized carbons (Fsp3) is 0.632. The SMILES string of the molecule is COc1ccc(C)c2c1[C@]13CCN[C@H](C2)[C@]1(OC)CCC(=O)C3. The molecule has 1 aromatic carbocycles. The van der Waals surface area contributed by atoms with Crippen molar-refractivity contribution in [3.63, 3.8) is 0 Å². The number of hydrogen-bond acceptors (Lipinski definition) is 4. The number of carbonyl (C=O) groups excluding carboxylic acids is 1. The van der Waals surface area contributed by atoms with Crippen LogP contribution in [0.25, 0.3) is 0 Å². The summed E-state index contributed by atoms with van der Waals surface area (Å²) in [6.07, 6.45) is 3.87. The van der Waals surface area contributed by atoms with E-state index in [0.717, 1.165) is 31.6 Å². The minimum absolute atomic E-state index is 0.252. The van der Waals surface area contributed by atoms with Crippen LogP contribution in [0.15, 0.2) is 12.1 Å². The summed E-state index contributed by atoms with van der Waals surface area (Å²) in [6, 6.07) is 4.46. The quantitative estimate of drug-likeness (QED) is 0.910. The van der Waals surface area contributed by atoms with E-state index in [2.05, 4.69) is 24.4 Å². The number of aryl methyl sites for hydroxylation is 1. The third kappa shape index (κ3) is 1.76. The number of ketones is 1. The number of ether oxygens (including phenoxy) is 2. The number of rotatable bonds is 2. The Kier molecular flexibility index (Phi) is 3.33. The highest BCUT2D eigenvalue weighted by Crippen LogP contribution is 2.59. The molecule has 0 radical (unpaired) electrons. The van der Waals surface area contributed by atoms with Crippen LogP contribution in [-0.2, 0) is 21.4 Å². The van der Waals surface area contributed by atoms with Crippen LogP contribution in [0.4, 0.5) is 0 Å². The van der Waals surface area contributed by atoms with Gasteiger partial charge in [-0.25, -0.2) is 0 Å². The molecule has 0 spiro atoms. The van der Waals surface area contributed by atoms with E-state index in [1.165, 1.54) is 16.7 Å². The third-order valence-electron chi connectivity index (χ3n) is 6.57. The summed E-state index contributed by atoms with van der Waals surface area (Å²) >= 11 is 0. The summed E-state index contributed by atoms with van der Waals surface area (Å²) in [7, 11) is 3.55. The molecule has 1 heterocycles. The molecule has 4 rings (SSSR count). The molecule has 0 amide bonds. The number of nitrogens with one attached hydrogen (secondary N) is 1. The van der Waals surface area contributed by atoms with Gasteiger partial charge in [-0.15, -0.1) is 0 Å². The van der Waals surface area contributed by atoms with Crippen molar-refractivity contribution in [2.45, 2.75) is 56.1 Å². The minimum Gasteiger partial charge on any atom is -0.496 e. The van der Waals surface area contributed by atoms with Crippen LogP contribution in [0.1, 0.15) is 42.4 Å². The average molecular weight is 315 g/mol. The van der Waals surface area contributed by atoms with Gasteiger partial charge in [-0.3, -0.25) is 4.79 Å². The zero-order chi connectivity index (χ0) is 16.2. The summed E-state index contributed by atoms with van der Waals surface area (Å²) in [6.45, 7) is 3.09. The summed E-state index contributed by atoms with van der Waals surface area (Å²) in [4.78, 5) is 12.4. The highest BCUT2D eigenvalue weighted by Gasteiger charge is 2.65. The zero-order valence-corrected chi connectivity index (χ0v) is 14.2. The van der Waals surface area contributed by atoms with Crippen molar-refractivity contribution in [1.82, 2.24) is 5.32 Å². The van der Waals surface area contributed by atoms with Crippen LogP contribution in [-0.4, -0.2) is 38.2 Å². The van der Waals surface area contributed by atoms with Crippen molar-refractivity contribution in [3.05, 3.63) is 28.8 Å². The topological polar surface area (TPSA) is 47.6 Å². The molecule has 1 N–H and O–H groups in total. The highest BCUT2D eigenvalue weighted by atomic mass is 16.5. The van der Waals surface area contributed by atoms with E-state index in [0.29, 0.717) is 18.6 Å². The molecule has 124 valence electrons. The van der Waals surface area contributed by atoms with Gasteiger partial charge in [-0.1, -0.05) is 6.07 Å². The zero-order valence-electron chi connectivity index (χ0n) is 14.2. The molecule has 2 bridgehead atoms. The van der Waals surface area contributed by atoms with E-state index >= 15 is 0 Å². The van der Waals surface area contributed by atoms with Gasteiger partial charge >= 0.3 is 0 Å². The van der Waals surface area contributed by atoms with Gasteiger partial charge in [-0.2, -0.15) is 0 Å². The summed E-state index contributed by atoms with van der Waals surface area (Å²) in [5.74, 6) is 1.27. The Labute approximate surface area is 137 Å². The van der Waals surface area contributed by atoms with E-state index in [1.807, 2.05) is 7.11 Å². The second-order valence-electron chi connectivity index (χ2n) is 7.29. The molecule has 1 saturated heterocycles. The maximum atomic E-state index is 12.4. The normalized spacial score (nSPS) is 35.4. The Morgan fingerprint density at radius 2 is 2.09 bits per heavy atom. The Bertz CT molecular complexity index is 671. The van der Waals surface area contributed by atoms with E-state index < -0.39 is 0 Å². The first-order valence-corrected chi connectivity index (χ1v) is 8.55. The third-order valence-corrected chi connectivity index (χ3v) is 6.57. The van der Waals surface area contributed by atoms with Crippen molar-refractivity contribution in [1.29, 1.82) is 0 Å². The van der Waals surface area contributed by atoms with Gasteiger partial charge in [0.2, 0.25) is 0 Å². The lowest BCUT2D eigenvalue weighted by atomic mass is 9.49. The number of Topliss-reactive ketones (excluding diaryl/α,β-unsaturated/α-hetero) is 1. The van der Waals surface area contributed by atoms with Gasteiger partial charge in [0.15, 0.2) is 0 Å². The van der Waals surface area contributed by atoms with Gasteiger partial charge in [-0.05, 0) is 49.9 Å². The van der Waals surface area contributed by atoms with E-state index in [-0.39, 0.29) is 17.1 Å². The number of fused-ring (bicyclic) bond motifs is 1. The smallest absolute Gasteiger partial charge is 0.134 e. The van der Waals surface area contributed by atoms with E-state index in [9.17, 15) is 4.79 Å². The Hall–Kier alpha value is -1.39. The summed E-state index contributed by atoms with van der Waals surface area (Å²) in [5, 5.41) is 3.68. The summed E-state index contributed by atoms with van der Waals surface area (Å²) < 4.78 is 12.0. The molecule has 1 aromatic rings. The molecular weight excluding hydrogens is 290 g/mol. The molecule has 2 fully saturated rings. The molecular formula is C19H25NO3. The van der Waals surface area contributed by atoms with E-state index in [1.54, 1.807) is 7.11 Å². The molecule has 3 atom stereocenters. The van der Waals surface area contributed by atoms with Gasteiger partial charge in [0, 0.05) is 37.0 Å². The molecule has 2 aliphatic carbocycles. The van der Waals surface area contributed by atoms with Crippen LogP contribution in [0, 0.1) is 6.92 Å². The maximum absolute atomic E-state index is 12.4. The van der Waals surface area contributed by atoms with Crippen LogP contribution in [0.3, 0.4) is 0 Å². The number of hydrogen-bond donors (Lipinski definition) is 1. The number of carbonyl (C=O) groups is 1. The van der Waals surface area contributed by atoms with Gasteiger partial charge in [0.05, 0.1) is 12.7 Å². The Morgan fingerprint density at radius 1 is 1.26 bits per heavy atom. The monoisotopic (exact) mass is 315 g/mol. The molecule has 23 heavy (non-hydrogen) atoms. The van der Waals surface area contributed by atoms with Crippen molar-refractivity contribution in [3.8, 4) is 5.75 Å². The standard InChI is InChI=1S/C19H25NO3/c1-12-4-5-15(22-2)17-14(12)10-16-19(23-3)7-6-13(21)11-18(17,19)8-9-20-16/h4-5,16,20H,6-11H2,1-3H3/t16-,18-,19-/m1/s1. The first-order chi connectivity index (χ1) is 11.1. The molecule has 1 aliphatic heterocycles. The van der Waals surface area contributed by atoms with Gasteiger partial charge < -0.3 is 14.8 Å². The minimum atomic E-state index is -0.298. The number of methoxy groups -OCH3 is 2. The Balaban J connectivity index is 2.04. The van der Waals surface area contributed by atoms with Crippen molar-refractivity contribution >= 4 is 5.78 Å². The fourth-order valence-corrected chi connectivity index (χ4v) is 5.57. The van der Waals surface area contributed by atoms with Crippen molar-refractivity contribution in [2.24, 2.45) is 0 Å². The molecule has 4 nitrogen and oxygen atoms in total. The predicted octanol–water partition coefficient (Wildman–Crippen LogP) is 2.30.